The van der Waals surface area contributed by atoms with Crippen LogP contribution in [0.4, 0.5) is 5.69 Å². The summed E-state index contributed by atoms with van der Waals surface area (Å²) < 4.78 is 1.95. The van der Waals surface area contributed by atoms with E-state index in [4.69, 9.17) is 23.2 Å². The molecule has 0 atom stereocenters. The molecule has 140 valence electrons. The Bertz CT molecular complexity index is 957. The summed E-state index contributed by atoms with van der Waals surface area (Å²) in [6.07, 6.45) is 0. The summed E-state index contributed by atoms with van der Waals surface area (Å²) in [4.78, 5) is 12.2. The van der Waals surface area contributed by atoms with Gasteiger partial charge in [-0.05, 0) is 44.2 Å². The number of carbonyl (C=O) groups is 1. The highest BCUT2D eigenvalue weighted by molar-refractivity contribution is 7.99. The Hall–Kier alpha value is -2.02. The van der Waals surface area contributed by atoms with E-state index in [2.05, 4.69) is 15.5 Å². The van der Waals surface area contributed by atoms with Gasteiger partial charge < -0.3 is 9.88 Å². The number of halogens is 2. The average molecular weight is 421 g/mol. The SMILES string of the molecule is CCn1c(SCC(=O)Nc2ccc(C)cc2)nnc1-c1ccc(Cl)c(Cl)c1. The number of thioether (sulfide) groups is 1. The van der Waals surface area contributed by atoms with E-state index in [9.17, 15) is 4.79 Å². The van der Waals surface area contributed by atoms with Crippen LogP contribution >= 0.6 is 35.0 Å². The van der Waals surface area contributed by atoms with Crippen molar-refractivity contribution in [2.75, 3.05) is 11.1 Å². The Kier molecular flexibility index (Phi) is 6.42. The Morgan fingerprint density at radius 1 is 1.11 bits per heavy atom. The molecule has 0 aliphatic rings. The van der Waals surface area contributed by atoms with Gasteiger partial charge in [0.2, 0.25) is 5.91 Å². The highest BCUT2D eigenvalue weighted by Crippen LogP contribution is 2.29. The third kappa shape index (κ3) is 4.83. The van der Waals surface area contributed by atoms with Crippen LogP contribution in [0.3, 0.4) is 0 Å². The topological polar surface area (TPSA) is 59.8 Å². The lowest BCUT2D eigenvalue weighted by atomic mass is 10.2. The normalized spacial score (nSPS) is 10.8. The van der Waals surface area contributed by atoms with Crippen LogP contribution < -0.4 is 5.32 Å². The van der Waals surface area contributed by atoms with Gasteiger partial charge in [-0.1, -0.05) is 52.7 Å². The lowest BCUT2D eigenvalue weighted by Crippen LogP contribution is -2.14. The van der Waals surface area contributed by atoms with E-state index in [0.29, 0.717) is 27.6 Å². The molecule has 3 aromatic rings. The maximum Gasteiger partial charge on any atom is 0.234 e. The van der Waals surface area contributed by atoms with E-state index in [1.54, 1.807) is 12.1 Å². The van der Waals surface area contributed by atoms with E-state index in [1.165, 1.54) is 11.8 Å². The van der Waals surface area contributed by atoms with Crippen molar-refractivity contribution < 1.29 is 4.79 Å². The molecule has 5 nitrogen and oxygen atoms in total. The maximum absolute atomic E-state index is 12.2. The molecule has 8 heteroatoms. The van der Waals surface area contributed by atoms with Crippen molar-refractivity contribution in [3.8, 4) is 11.4 Å². The maximum atomic E-state index is 12.2. The number of aromatic nitrogens is 3. The predicted molar refractivity (Wildman–Crippen MR) is 112 cm³/mol. The molecule has 0 saturated carbocycles. The molecule has 2 aromatic carbocycles. The third-order valence-electron chi connectivity index (χ3n) is 3.88. The van der Waals surface area contributed by atoms with Crippen LogP contribution in [-0.4, -0.2) is 26.4 Å². The molecule has 0 aliphatic carbocycles. The van der Waals surface area contributed by atoms with Crippen LogP contribution in [0.2, 0.25) is 10.0 Å². The molecular formula is C19H18Cl2N4OS. The summed E-state index contributed by atoms with van der Waals surface area (Å²) in [6.45, 7) is 4.68. The van der Waals surface area contributed by atoms with Crippen LogP contribution in [0.5, 0.6) is 0 Å². The zero-order chi connectivity index (χ0) is 19.4. The van der Waals surface area contributed by atoms with Gasteiger partial charge in [0, 0.05) is 17.8 Å². The Labute approximate surface area is 172 Å². The summed E-state index contributed by atoms with van der Waals surface area (Å²) in [6, 6.07) is 13.0. The number of carbonyl (C=O) groups excluding carboxylic acids is 1. The molecule has 1 heterocycles. The van der Waals surface area contributed by atoms with Gasteiger partial charge >= 0.3 is 0 Å². The largest absolute Gasteiger partial charge is 0.325 e. The van der Waals surface area contributed by atoms with E-state index < -0.39 is 0 Å². The highest BCUT2D eigenvalue weighted by Gasteiger charge is 2.15. The first-order valence-corrected chi connectivity index (χ1v) is 10.1. The van der Waals surface area contributed by atoms with Crippen LogP contribution in [0.25, 0.3) is 11.4 Å². The zero-order valence-corrected chi connectivity index (χ0v) is 17.2. The minimum atomic E-state index is -0.0920. The van der Waals surface area contributed by atoms with Gasteiger partial charge in [0.25, 0.3) is 0 Å². The second-order valence-electron chi connectivity index (χ2n) is 5.88. The second-order valence-corrected chi connectivity index (χ2v) is 7.64. The van der Waals surface area contributed by atoms with E-state index in [-0.39, 0.29) is 11.7 Å². The minimum Gasteiger partial charge on any atom is -0.325 e. The average Bonchev–Trinajstić information content (AvgIpc) is 3.07. The van der Waals surface area contributed by atoms with Crippen molar-refractivity contribution in [3.05, 3.63) is 58.1 Å². The lowest BCUT2D eigenvalue weighted by Gasteiger charge is -2.08. The lowest BCUT2D eigenvalue weighted by molar-refractivity contribution is -0.113. The number of aryl methyl sites for hydroxylation is 1. The molecule has 3 rings (SSSR count). The van der Waals surface area contributed by atoms with Gasteiger partial charge in [-0.25, -0.2) is 0 Å². The molecule has 0 spiro atoms. The second kappa shape index (κ2) is 8.78. The Balaban J connectivity index is 1.70. The summed E-state index contributed by atoms with van der Waals surface area (Å²) in [5, 5.41) is 13.0. The fraction of sp³-hybridized carbons (Fsp3) is 0.211. The number of benzene rings is 2. The molecule has 0 bridgehead atoms. The standard InChI is InChI=1S/C19H18Cl2N4OS/c1-3-25-18(13-6-9-15(20)16(21)10-13)23-24-19(25)27-11-17(26)22-14-7-4-12(2)5-8-14/h4-10H,3,11H2,1-2H3,(H,22,26). The molecule has 0 saturated heterocycles. The van der Waals surface area contributed by atoms with Crippen LogP contribution in [0.1, 0.15) is 12.5 Å². The van der Waals surface area contributed by atoms with Gasteiger partial charge in [0.05, 0.1) is 15.8 Å². The number of rotatable bonds is 6. The summed E-state index contributed by atoms with van der Waals surface area (Å²) >= 11 is 13.4. The van der Waals surface area contributed by atoms with E-state index in [1.807, 2.05) is 48.7 Å². The zero-order valence-electron chi connectivity index (χ0n) is 14.9. The van der Waals surface area contributed by atoms with Gasteiger partial charge in [-0.15, -0.1) is 10.2 Å². The molecule has 1 N–H and O–H groups in total. The predicted octanol–water partition coefficient (Wildman–Crippen LogP) is 5.31. The number of hydrogen-bond acceptors (Lipinski definition) is 4. The molecule has 27 heavy (non-hydrogen) atoms. The van der Waals surface area contributed by atoms with E-state index in [0.717, 1.165) is 16.8 Å². The smallest absolute Gasteiger partial charge is 0.234 e. The fourth-order valence-electron chi connectivity index (χ4n) is 2.49. The number of hydrogen-bond donors (Lipinski definition) is 1. The Morgan fingerprint density at radius 3 is 2.52 bits per heavy atom. The minimum absolute atomic E-state index is 0.0920. The molecule has 1 amide bonds. The fourth-order valence-corrected chi connectivity index (χ4v) is 3.59. The Morgan fingerprint density at radius 2 is 1.85 bits per heavy atom. The van der Waals surface area contributed by atoms with E-state index >= 15 is 0 Å². The van der Waals surface area contributed by atoms with Crippen LogP contribution in [0, 0.1) is 6.92 Å². The van der Waals surface area contributed by atoms with Crippen molar-refractivity contribution in [2.24, 2.45) is 0 Å². The van der Waals surface area contributed by atoms with Gasteiger partial charge in [0.15, 0.2) is 11.0 Å². The van der Waals surface area contributed by atoms with Crippen LogP contribution in [0.15, 0.2) is 47.6 Å². The van der Waals surface area contributed by atoms with Crippen molar-refractivity contribution in [2.45, 2.75) is 25.5 Å². The molecule has 0 fully saturated rings. The molecular weight excluding hydrogens is 403 g/mol. The van der Waals surface area contributed by atoms with Crippen molar-refractivity contribution in [1.82, 2.24) is 14.8 Å². The summed E-state index contributed by atoms with van der Waals surface area (Å²) in [5.74, 6) is 0.844. The monoisotopic (exact) mass is 420 g/mol. The van der Waals surface area contributed by atoms with Crippen molar-refractivity contribution in [1.29, 1.82) is 0 Å². The summed E-state index contributed by atoms with van der Waals surface area (Å²) in [5.41, 5.74) is 2.75. The highest BCUT2D eigenvalue weighted by atomic mass is 35.5. The summed E-state index contributed by atoms with van der Waals surface area (Å²) in [7, 11) is 0. The van der Waals surface area contributed by atoms with Crippen molar-refractivity contribution >= 4 is 46.6 Å². The van der Waals surface area contributed by atoms with Gasteiger partial charge in [0.1, 0.15) is 0 Å². The van der Waals surface area contributed by atoms with Gasteiger partial charge in [-0.2, -0.15) is 0 Å². The third-order valence-corrected chi connectivity index (χ3v) is 5.58. The molecule has 1 aromatic heterocycles. The molecule has 0 aliphatic heterocycles. The molecule has 0 unspecified atom stereocenters. The number of nitrogens with zero attached hydrogens (tertiary/aromatic N) is 3. The first-order valence-electron chi connectivity index (χ1n) is 8.36. The van der Waals surface area contributed by atoms with Crippen LogP contribution in [-0.2, 0) is 11.3 Å². The number of amides is 1. The van der Waals surface area contributed by atoms with Gasteiger partial charge in [-0.3, -0.25) is 4.79 Å². The first-order chi connectivity index (χ1) is 13.0. The first kappa shape index (κ1) is 19.7. The van der Waals surface area contributed by atoms with Crippen molar-refractivity contribution in [3.63, 3.8) is 0 Å². The quantitative estimate of drug-likeness (QED) is 0.548. The number of nitrogens with one attached hydrogen (secondary N) is 1. The number of anilines is 1. The molecule has 0 radical (unpaired) electrons.